The summed E-state index contributed by atoms with van der Waals surface area (Å²) >= 11 is 6.13. The highest BCUT2D eigenvalue weighted by molar-refractivity contribution is 6.31. The zero-order chi connectivity index (χ0) is 20.2. The number of halogens is 1. The molecule has 4 rings (SSSR count). The van der Waals surface area contributed by atoms with Gasteiger partial charge in [0.2, 0.25) is 5.91 Å². The van der Waals surface area contributed by atoms with Crippen molar-refractivity contribution in [2.24, 2.45) is 0 Å². The van der Waals surface area contributed by atoms with Crippen LogP contribution in [0, 0.1) is 0 Å². The number of nitrogens with zero attached hydrogens (tertiary/aromatic N) is 4. The number of piperidine rings is 1. The monoisotopic (exact) mass is 410 g/mol. The fourth-order valence-electron chi connectivity index (χ4n) is 4.10. The lowest BCUT2D eigenvalue weighted by atomic mass is 10.0. The molecule has 0 atom stereocenters. The third kappa shape index (κ3) is 4.80. The van der Waals surface area contributed by atoms with Crippen molar-refractivity contribution in [2.45, 2.75) is 31.8 Å². The molecule has 0 N–H and O–H groups in total. The number of amides is 1. The Morgan fingerprint density at radius 3 is 2.79 bits per heavy atom. The summed E-state index contributed by atoms with van der Waals surface area (Å²) in [4.78, 5) is 21.7. The molecule has 0 unspecified atom stereocenters. The number of carbonyl (C=O) groups excluding carboxylic acids is 1. The van der Waals surface area contributed by atoms with Gasteiger partial charge < -0.3 is 14.4 Å². The first kappa shape index (κ1) is 19.9. The average molecular weight is 411 g/mol. The van der Waals surface area contributed by atoms with Gasteiger partial charge >= 0.3 is 0 Å². The minimum atomic E-state index is 0.148. The Labute approximate surface area is 176 Å². The second-order valence-corrected chi connectivity index (χ2v) is 8.23. The van der Waals surface area contributed by atoms with Gasteiger partial charge in [0.1, 0.15) is 6.54 Å². The third-order valence-electron chi connectivity index (χ3n) is 5.95. The predicted molar refractivity (Wildman–Crippen MR) is 117 cm³/mol. The first-order valence-electron chi connectivity index (χ1n) is 10.2. The highest BCUT2D eigenvalue weighted by atomic mass is 35.5. The summed E-state index contributed by atoms with van der Waals surface area (Å²) in [5.41, 5.74) is 2.14. The summed E-state index contributed by atoms with van der Waals surface area (Å²) < 4.78 is 1.99. The molecular weight excluding hydrogens is 384 g/mol. The van der Waals surface area contributed by atoms with E-state index in [1.54, 1.807) is 0 Å². The number of hydrogen-bond donors (Lipinski definition) is 0. The molecule has 2 aromatic heterocycles. The van der Waals surface area contributed by atoms with E-state index in [1.807, 2.05) is 65.3 Å². The molecule has 29 heavy (non-hydrogen) atoms. The Balaban J connectivity index is 1.29. The number of fused-ring (bicyclic) bond motifs is 1. The van der Waals surface area contributed by atoms with Gasteiger partial charge in [0.25, 0.3) is 0 Å². The maximum atomic E-state index is 12.9. The van der Waals surface area contributed by atoms with Crippen LogP contribution in [0.15, 0.2) is 54.9 Å². The van der Waals surface area contributed by atoms with Crippen molar-refractivity contribution >= 4 is 28.4 Å². The van der Waals surface area contributed by atoms with E-state index in [-0.39, 0.29) is 5.91 Å². The molecule has 1 aliphatic heterocycles. The van der Waals surface area contributed by atoms with Crippen molar-refractivity contribution in [3.05, 3.63) is 65.6 Å². The number of likely N-dealkylation sites (tertiary alicyclic amines) is 1. The summed E-state index contributed by atoms with van der Waals surface area (Å²) in [6.45, 7) is 3.42. The lowest BCUT2D eigenvalue weighted by Crippen LogP contribution is -2.46. The van der Waals surface area contributed by atoms with Gasteiger partial charge in [-0.2, -0.15) is 0 Å². The van der Waals surface area contributed by atoms with Crippen LogP contribution in [-0.4, -0.2) is 58.0 Å². The normalized spacial score (nSPS) is 15.7. The molecule has 0 aliphatic carbocycles. The van der Waals surface area contributed by atoms with Crippen LogP contribution in [0.5, 0.6) is 0 Å². The summed E-state index contributed by atoms with van der Waals surface area (Å²) in [6.07, 6.45) is 6.83. The number of rotatable bonds is 6. The maximum Gasteiger partial charge on any atom is 0.242 e. The van der Waals surface area contributed by atoms with E-state index in [0.717, 1.165) is 55.5 Å². The van der Waals surface area contributed by atoms with Gasteiger partial charge in [-0.15, -0.1) is 0 Å². The Morgan fingerprint density at radius 2 is 2.03 bits per heavy atom. The molecule has 152 valence electrons. The number of carbonyl (C=O) groups is 1. The van der Waals surface area contributed by atoms with Crippen LogP contribution in [0.3, 0.4) is 0 Å². The van der Waals surface area contributed by atoms with Gasteiger partial charge in [0.15, 0.2) is 0 Å². The minimum absolute atomic E-state index is 0.148. The van der Waals surface area contributed by atoms with E-state index in [2.05, 4.69) is 16.0 Å². The molecule has 1 fully saturated rings. The molecule has 3 heterocycles. The molecule has 0 saturated carbocycles. The summed E-state index contributed by atoms with van der Waals surface area (Å²) in [5.74, 6) is 0.148. The molecule has 1 aromatic carbocycles. The zero-order valence-corrected chi connectivity index (χ0v) is 17.6. The van der Waals surface area contributed by atoms with Crippen LogP contribution in [0.4, 0.5) is 0 Å². The molecule has 3 aromatic rings. The van der Waals surface area contributed by atoms with Crippen LogP contribution in [0.2, 0.25) is 5.02 Å². The Bertz CT molecular complexity index is 963. The van der Waals surface area contributed by atoms with E-state index in [1.165, 1.54) is 0 Å². The highest BCUT2D eigenvalue weighted by Crippen LogP contribution is 2.21. The van der Waals surface area contributed by atoms with E-state index < -0.39 is 0 Å². The van der Waals surface area contributed by atoms with E-state index in [9.17, 15) is 4.79 Å². The van der Waals surface area contributed by atoms with Crippen LogP contribution in [0.25, 0.3) is 10.9 Å². The SMILES string of the molecule is CN(C(=O)Cn1ccc2ccc(Cl)cc21)C1CCN(CCc2ccccn2)CC1. The van der Waals surface area contributed by atoms with E-state index >= 15 is 0 Å². The molecule has 1 saturated heterocycles. The molecule has 0 bridgehead atoms. The van der Waals surface area contributed by atoms with Gasteiger partial charge in [-0.25, -0.2) is 0 Å². The Morgan fingerprint density at radius 1 is 1.21 bits per heavy atom. The molecule has 5 nitrogen and oxygen atoms in total. The summed E-state index contributed by atoms with van der Waals surface area (Å²) in [6, 6.07) is 14.2. The van der Waals surface area contributed by atoms with Crippen molar-refractivity contribution in [2.75, 3.05) is 26.7 Å². The first-order chi connectivity index (χ1) is 14.1. The second kappa shape index (κ2) is 8.97. The standard InChI is InChI=1S/C23H27ClN4O/c1-26(23(29)17-28-15-7-18-5-6-19(24)16-22(18)28)21-9-13-27(14-10-21)12-8-20-4-2-3-11-25-20/h2-7,11,15-16,21H,8-10,12-14,17H2,1H3. The number of benzene rings is 1. The average Bonchev–Trinajstić information content (AvgIpc) is 3.14. The van der Waals surface area contributed by atoms with E-state index in [0.29, 0.717) is 17.6 Å². The Hall–Kier alpha value is -2.37. The lowest BCUT2D eigenvalue weighted by molar-refractivity contribution is -0.133. The number of pyridine rings is 1. The van der Waals surface area contributed by atoms with Crippen molar-refractivity contribution in [1.29, 1.82) is 0 Å². The number of likely N-dealkylation sites (N-methyl/N-ethyl adjacent to an activating group) is 1. The van der Waals surface area contributed by atoms with Crippen molar-refractivity contribution < 1.29 is 4.79 Å². The minimum Gasteiger partial charge on any atom is -0.341 e. The van der Waals surface area contributed by atoms with Gasteiger partial charge in [-0.3, -0.25) is 9.78 Å². The quantitative estimate of drug-likeness (QED) is 0.619. The molecule has 1 aliphatic rings. The van der Waals surface area contributed by atoms with Crippen LogP contribution in [-0.2, 0) is 17.8 Å². The van der Waals surface area contributed by atoms with E-state index in [4.69, 9.17) is 11.6 Å². The summed E-state index contributed by atoms with van der Waals surface area (Å²) in [7, 11) is 1.94. The predicted octanol–water partition coefficient (Wildman–Crippen LogP) is 3.86. The lowest BCUT2D eigenvalue weighted by Gasteiger charge is -2.36. The second-order valence-electron chi connectivity index (χ2n) is 7.80. The van der Waals surface area contributed by atoms with Gasteiger partial charge in [0.05, 0.1) is 0 Å². The third-order valence-corrected chi connectivity index (χ3v) is 6.19. The van der Waals surface area contributed by atoms with Crippen LogP contribution >= 0.6 is 11.6 Å². The summed E-state index contributed by atoms with van der Waals surface area (Å²) in [5, 5.41) is 1.79. The maximum absolute atomic E-state index is 12.9. The number of hydrogen-bond acceptors (Lipinski definition) is 3. The molecule has 0 radical (unpaired) electrons. The smallest absolute Gasteiger partial charge is 0.242 e. The Kier molecular flexibility index (Phi) is 6.16. The highest BCUT2D eigenvalue weighted by Gasteiger charge is 2.25. The van der Waals surface area contributed by atoms with Crippen molar-refractivity contribution in [3.8, 4) is 0 Å². The van der Waals surface area contributed by atoms with Crippen LogP contribution in [0.1, 0.15) is 18.5 Å². The first-order valence-corrected chi connectivity index (χ1v) is 10.6. The molecular formula is C23H27ClN4O. The molecule has 1 amide bonds. The fourth-order valence-corrected chi connectivity index (χ4v) is 4.27. The van der Waals surface area contributed by atoms with Crippen molar-refractivity contribution in [3.63, 3.8) is 0 Å². The molecule has 6 heteroatoms. The van der Waals surface area contributed by atoms with Gasteiger partial charge in [0, 0.05) is 67.8 Å². The van der Waals surface area contributed by atoms with Crippen molar-refractivity contribution in [1.82, 2.24) is 19.4 Å². The zero-order valence-electron chi connectivity index (χ0n) is 16.8. The topological polar surface area (TPSA) is 41.4 Å². The number of aromatic nitrogens is 2. The molecule has 0 spiro atoms. The van der Waals surface area contributed by atoms with Gasteiger partial charge in [-0.1, -0.05) is 23.7 Å². The fraction of sp³-hybridized carbons (Fsp3) is 0.391. The van der Waals surface area contributed by atoms with Gasteiger partial charge in [-0.05, 0) is 48.6 Å². The van der Waals surface area contributed by atoms with Crippen LogP contribution < -0.4 is 0 Å². The largest absolute Gasteiger partial charge is 0.341 e.